The minimum Gasteiger partial charge on any atom is -0.489 e. The molecule has 1 fully saturated rings. The van der Waals surface area contributed by atoms with Crippen LogP contribution < -0.4 is 10.1 Å². The molecule has 4 nitrogen and oxygen atoms in total. The van der Waals surface area contributed by atoms with E-state index in [-0.39, 0.29) is 29.9 Å². The first-order valence-electron chi connectivity index (χ1n) is 5.38. The van der Waals surface area contributed by atoms with Crippen molar-refractivity contribution in [2.75, 3.05) is 24.7 Å². The van der Waals surface area contributed by atoms with Crippen molar-refractivity contribution >= 4 is 9.84 Å². The standard InChI is InChI=1S/C11H14FNO3S/c12-10-3-1-2-4-11(10)16-7-9-8-17(14,15)6-5-13-9/h1-4,9,13H,5-8H2. The highest BCUT2D eigenvalue weighted by atomic mass is 32.2. The third kappa shape index (κ3) is 3.41. The van der Waals surface area contributed by atoms with Gasteiger partial charge in [0, 0.05) is 6.54 Å². The summed E-state index contributed by atoms with van der Waals surface area (Å²) < 4.78 is 41.2. The van der Waals surface area contributed by atoms with Crippen molar-refractivity contribution in [3.63, 3.8) is 0 Å². The topological polar surface area (TPSA) is 55.4 Å². The maximum Gasteiger partial charge on any atom is 0.165 e. The number of benzene rings is 1. The van der Waals surface area contributed by atoms with Crippen molar-refractivity contribution in [2.45, 2.75) is 6.04 Å². The second-order valence-corrected chi connectivity index (χ2v) is 6.24. The molecule has 0 radical (unpaired) electrons. The van der Waals surface area contributed by atoms with E-state index >= 15 is 0 Å². The third-order valence-electron chi connectivity index (χ3n) is 2.58. The van der Waals surface area contributed by atoms with Crippen molar-refractivity contribution in [3.05, 3.63) is 30.1 Å². The minimum atomic E-state index is -2.98. The highest BCUT2D eigenvalue weighted by Crippen LogP contribution is 2.16. The predicted octanol–water partition coefficient (Wildman–Crippen LogP) is 0.591. The van der Waals surface area contributed by atoms with Crippen LogP contribution in [0.15, 0.2) is 24.3 Å². The van der Waals surface area contributed by atoms with Crippen LogP contribution >= 0.6 is 0 Å². The molecule has 1 N–H and O–H groups in total. The first-order chi connectivity index (χ1) is 8.07. The normalized spacial score (nSPS) is 23.2. The van der Waals surface area contributed by atoms with Gasteiger partial charge in [0.1, 0.15) is 6.61 Å². The Kier molecular flexibility index (Phi) is 3.63. The second kappa shape index (κ2) is 5.01. The lowest BCUT2D eigenvalue weighted by Crippen LogP contribution is -2.48. The summed E-state index contributed by atoms with van der Waals surface area (Å²) in [4.78, 5) is 0. The van der Waals surface area contributed by atoms with Gasteiger partial charge in [0.25, 0.3) is 0 Å². The number of halogens is 1. The van der Waals surface area contributed by atoms with E-state index in [1.807, 2.05) is 0 Å². The summed E-state index contributed by atoms with van der Waals surface area (Å²) in [7, 11) is -2.98. The van der Waals surface area contributed by atoms with E-state index in [0.29, 0.717) is 6.54 Å². The van der Waals surface area contributed by atoms with Crippen molar-refractivity contribution in [1.82, 2.24) is 5.32 Å². The molecule has 0 aliphatic carbocycles. The van der Waals surface area contributed by atoms with E-state index in [4.69, 9.17) is 4.74 Å². The third-order valence-corrected chi connectivity index (χ3v) is 4.31. The van der Waals surface area contributed by atoms with Gasteiger partial charge in [-0.1, -0.05) is 12.1 Å². The number of sulfone groups is 1. The molecule has 0 spiro atoms. The fraction of sp³-hybridized carbons (Fsp3) is 0.455. The van der Waals surface area contributed by atoms with Crippen LogP contribution in [0, 0.1) is 5.82 Å². The van der Waals surface area contributed by atoms with Crippen LogP contribution in [0.4, 0.5) is 4.39 Å². The van der Waals surface area contributed by atoms with Crippen LogP contribution in [-0.2, 0) is 9.84 Å². The Morgan fingerprint density at radius 1 is 1.41 bits per heavy atom. The smallest absolute Gasteiger partial charge is 0.165 e. The summed E-state index contributed by atoms with van der Waals surface area (Å²) in [5.74, 6) is -0.0894. The maximum atomic E-state index is 13.2. The van der Waals surface area contributed by atoms with E-state index in [9.17, 15) is 12.8 Å². The van der Waals surface area contributed by atoms with Crippen molar-refractivity contribution < 1.29 is 17.5 Å². The molecule has 2 rings (SSSR count). The maximum absolute atomic E-state index is 13.2. The van der Waals surface area contributed by atoms with Gasteiger partial charge in [0.15, 0.2) is 21.4 Å². The Bertz CT molecular complexity index is 489. The molecule has 17 heavy (non-hydrogen) atoms. The zero-order valence-corrected chi connectivity index (χ0v) is 10.0. The molecule has 1 aliphatic heterocycles. The number of nitrogens with one attached hydrogen (secondary N) is 1. The quantitative estimate of drug-likeness (QED) is 0.863. The molecular formula is C11H14FNO3S. The summed E-state index contributed by atoms with van der Waals surface area (Å²) in [5.41, 5.74) is 0. The van der Waals surface area contributed by atoms with Gasteiger partial charge in [-0.2, -0.15) is 0 Å². The highest BCUT2D eigenvalue weighted by molar-refractivity contribution is 7.91. The summed E-state index contributed by atoms with van der Waals surface area (Å²) >= 11 is 0. The SMILES string of the molecule is O=S1(=O)CCNC(COc2ccccc2F)C1. The lowest BCUT2D eigenvalue weighted by molar-refractivity contribution is 0.262. The molecule has 0 saturated carbocycles. The van der Waals surface area contributed by atoms with Gasteiger partial charge in [-0.25, -0.2) is 12.8 Å². The molecule has 1 heterocycles. The van der Waals surface area contributed by atoms with Gasteiger partial charge in [0.2, 0.25) is 0 Å². The Morgan fingerprint density at radius 2 is 2.18 bits per heavy atom. The van der Waals surface area contributed by atoms with E-state index in [2.05, 4.69) is 5.32 Å². The van der Waals surface area contributed by atoms with Crippen LogP contribution in [0.25, 0.3) is 0 Å². The molecular weight excluding hydrogens is 245 g/mol. The van der Waals surface area contributed by atoms with Gasteiger partial charge in [-0.3, -0.25) is 0 Å². The molecule has 1 aromatic carbocycles. The average molecular weight is 259 g/mol. The first kappa shape index (κ1) is 12.3. The van der Waals surface area contributed by atoms with Gasteiger partial charge >= 0.3 is 0 Å². The monoisotopic (exact) mass is 259 g/mol. The molecule has 6 heteroatoms. The summed E-state index contributed by atoms with van der Waals surface area (Å²) in [6.45, 7) is 0.577. The van der Waals surface area contributed by atoms with Crippen LogP contribution in [0.2, 0.25) is 0 Å². The van der Waals surface area contributed by atoms with Crippen molar-refractivity contribution in [2.24, 2.45) is 0 Å². The largest absolute Gasteiger partial charge is 0.489 e. The molecule has 0 aromatic heterocycles. The fourth-order valence-electron chi connectivity index (χ4n) is 1.73. The van der Waals surface area contributed by atoms with Gasteiger partial charge in [0.05, 0.1) is 17.5 Å². The first-order valence-corrected chi connectivity index (χ1v) is 7.20. The van der Waals surface area contributed by atoms with E-state index in [0.717, 1.165) is 0 Å². The molecule has 1 saturated heterocycles. The van der Waals surface area contributed by atoms with Crippen molar-refractivity contribution in [3.8, 4) is 5.75 Å². The lowest BCUT2D eigenvalue weighted by atomic mass is 10.3. The minimum absolute atomic E-state index is 0.0431. The van der Waals surface area contributed by atoms with E-state index in [1.54, 1.807) is 12.1 Å². The molecule has 0 amide bonds. The Morgan fingerprint density at radius 3 is 2.88 bits per heavy atom. The molecule has 1 unspecified atom stereocenters. The number of hydrogen-bond acceptors (Lipinski definition) is 4. The fourth-order valence-corrected chi connectivity index (χ4v) is 3.15. The number of rotatable bonds is 3. The Balaban J connectivity index is 1.93. The van der Waals surface area contributed by atoms with Crippen LogP contribution in [-0.4, -0.2) is 39.1 Å². The Labute approximate surface area is 99.7 Å². The highest BCUT2D eigenvalue weighted by Gasteiger charge is 2.24. The summed E-state index contributed by atoms with van der Waals surface area (Å²) in [5, 5.41) is 3.04. The zero-order valence-electron chi connectivity index (χ0n) is 9.23. The Hall–Kier alpha value is -1.14. The molecule has 1 aromatic rings. The summed E-state index contributed by atoms with van der Waals surface area (Å²) in [6.07, 6.45) is 0. The predicted molar refractivity (Wildman–Crippen MR) is 62.3 cm³/mol. The molecule has 94 valence electrons. The zero-order chi connectivity index (χ0) is 12.3. The van der Waals surface area contributed by atoms with E-state index in [1.165, 1.54) is 12.1 Å². The van der Waals surface area contributed by atoms with Gasteiger partial charge in [-0.05, 0) is 12.1 Å². The average Bonchev–Trinajstić information content (AvgIpc) is 2.27. The van der Waals surface area contributed by atoms with Crippen molar-refractivity contribution in [1.29, 1.82) is 0 Å². The van der Waals surface area contributed by atoms with Crippen LogP contribution in [0.1, 0.15) is 0 Å². The number of para-hydroxylation sites is 1. The van der Waals surface area contributed by atoms with Crippen LogP contribution in [0.5, 0.6) is 5.75 Å². The molecule has 1 aliphatic rings. The van der Waals surface area contributed by atoms with Crippen LogP contribution in [0.3, 0.4) is 0 Å². The lowest BCUT2D eigenvalue weighted by Gasteiger charge is -2.23. The van der Waals surface area contributed by atoms with E-state index < -0.39 is 15.7 Å². The molecule has 1 atom stereocenters. The van der Waals surface area contributed by atoms with Gasteiger partial charge in [-0.15, -0.1) is 0 Å². The summed E-state index contributed by atoms with van der Waals surface area (Å²) in [6, 6.07) is 5.80. The molecule has 0 bridgehead atoms. The number of hydrogen-bond donors (Lipinski definition) is 1. The number of ether oxygens (including phenoxy) is 1. The second-order valence-electron chi connectivity index (χ2n) is 4.01. The van der Waals surface area contributed by atoms with Gasteiger partial charge < -0.3 is 10.1 Å².